The number of rotatable bonds is 12. The van der Waals surface area contributed by atoms with Crippen LogP contribution in [0.3, 0.4) is 0 Å². The van der Waals surface area contributed by atoms with Crippen LogP contribution in [0.25, 0.3) is 0 Å². The summed E-state index contributed by atoms with van der Waals surface area (Å²) in [5, 5.41) is 9.50. The van der Waals surface area contributed by atoms with E-state index in [2.05, 4.69) is 34.3 Å². The standard InChI is InChI=1S/C4H7O2.3C4H9.Sn/c1-3-4(2)6-5;3*1-3-4-2;/h3,5H,1H2,2H3;3*1,3-4H2,2H3;. The molecule has 1 atom stereocenters. The normalized spacial score (nSPS) is 15.2. The third-order valence-corrected chi connectivity index (χ3v) is 22.7. The van der Waals surface area contributed by atoms with E-state index in [-0.39, 0.29) is 0 Å². The Hall–Kier alpha value is 0.459. The van der Waals surface area contributed by atoms with E-state index in [4.69, 9.17) is 4.89 Å². The SMILES string of the molecule is C=C[C](C)(OO)[Sn]([CH2]CCC)([CH2]CCC)[CH2]CCC. The van der Waals surface area contributed by atoms with Gasteiger partial charge in [-0.2, -0.15) is 0 Å². The van der Waals surface area contributed by atoms with Crippen LogP contribution >= 0.6 is 0 Å². The van der Waals surface area contributed by atoms with Crippen molar-refractivity contribution in [2.24, 2.45) is 0 Å². The molecule has 0 amide bonds. The third-order valence-electron chi connectivity index (χ3n) is 4.66. The van der Waals surface area contributed by atoms with Gasteiger partial charge in [0.05, 0.1) is 0 Å². The average molecular weight is 377 g/mol. The van der Waals surface area contributed by atoms with Crippen LogP contribution in [0.2, 0.25) is 13.3 Å². The molecule has 0 aliphatic heterocycles. The van der Waals surface area contributed by atoms with E-state index in [1.807, 2.05) is 6.08 Å². The van der Waals surface area contributed by atoms with Crippen molar-refractivity contribution in [1.29, 1.82) is 0 Å². The first-order valence-corrected chi connectivity index (χ1v) is 15.5. The summed E-state index contributed by atoms with van der Waals surface area (Å²) in [6, 6.07) is 0. The summed E-state index contributed by atoms with van der Waals surface area (Å²) in [7, 11) is 0. The molecular weight excluding hydrogens is 343 g/mol. The zero-order valence-electron chi connectivity index (χ0n) is 13.5. The van der Waals surface area contributed by atoms with Gasteiger partial charge in [0.15, 0.2) is 0 Å². The van der Waals surface area contributed by atoms with Crippen molar-refractivity contribution in [1.82, 2.24) is 0 Å². The van der Waals surface area contributed by atoms with E-state index in [9.17, 15) is 5.26 Å². The molecular formula is C16H34O2Sn. The van der Waals surface area contributed by atoms with E-state index in [0.29, 0.717) is 0 Å². The number of unbranched alkanes of at least 4 members (excludes halogenated alkanes) is 3. The van der Waals surface area contributed by atoms with Crippen molar-refractivity contribution < 1.29 is 10.1 Å². The molecule has 0 fully saturated rings. The number of hydrogen-bond acceptors (Lipinski definition) is 2. The maximum absolute atomic E-state index is 9.50. The molecule has 0 aromatic rings. The van der Waals surface area contributed by atoms with Gasteiger partial charge in [-0.3, -0.25) is 0 Å². The second-order valence-corrected chi connectivity index (χ2v) is 20.4. The van der Waals surface area contributed by atoms with Crippen LogP contribution in [-0.2, 0) is 4.89 Å². The minimum absolute atomic E-state index is 0.422. The van der Waals surface area contributed by atoms with E-state index in [1.54, 1.807) is 0 Å². The van der Waals surface area contributed by atoms with Gasteiger partial charge in [-0.05, 0) is 0 Å². The molecule has 0 heterocycles. The monoisotopic (exact) mass is 378 g/mol. The molecule has 0 spiro atoms. The molecule has 114 valence electrons. The van der Waals surface area contributed by atoms with Crippen LogP contribution in [0.5, 0.6) is 0 Å². The van der Waals surface area contributed by atoms with Gasteiger partial charge in [0.2, 0.25) is 0 Å². The molecule has 3 heteroatoms. The molecule has 0 aliphatic rings. The predicted molar refractivity (Wildman–Crippen MR) is 87.2 cm³/mol. The summed E-state index contributed by atoms with van der Waals surface area (Å²) in [6.45, 7) is 12.8. The van der Waals surface area contributed by atoms with Gasteiger partial charge in [-0.15, -0.1) is 0 Å². The minimum atomic E-state index is -2.58. The van der Waals surface area contributed by atoms with Gasteiger partial charge < -0.3 is 0 Å². The molecule has 0 saturated heterocycles. The van der Waals surface area contributed by atoms with E-state index >= 15 is 0 Å². The molecule has 0 bridgehead atoms. The summed E-state index contributed by atoms with van der Waals surface area (Å²) >= 11 is -2.58. The summed E-state index contributed by atoms with van der Waals surface area (Å²) in [5.74, 6) is 0. The molecule has 0 aromatic carbocycles. The van der Waals surface area contributed by atoms with Crippen molar-refractivity contribution in [3.63, 3.8) is 0 Å². The molecule has 0 rings (SSSR count). The molecule has 0 aromatic heterocycles. The Morgan fingerprint density at radius 1 is 1.00 bits per heavy atom. The zero-order chi connectivity index (χ0) is 14.8. The first-order valence-electron chi connectivity index (χ1n) is 8.02. The molecule has 0 saturated carbocycles. The Morgan fingerprint density at radius 2 is 1.37 bits per heavy atom. The van der Waals surface area contributed by atoms with Gasteiger partial charge in [0.1, 0.15) is 0 Å². The van der Waals surface area contributed by atoms with E-state index in [0.717, 1.165) is 0 Å². The van der Waals surface area contributed by atoms with Gasteiger partial charge in [-0.1, -0.05) is 0 Å². The van der Waals surface area contributed by atoms with Crippen LogP contribution in [0, 0.1) is 0 Å². The molecule has 19 heavy (non-hydrogen) atoms. The summed E-state index contributed by atoms with van der Waals surface area (Å²) in [6.07, 6.45) is 9.41. The van der Waals surface area contributed by atoms with Crippen molar-refractivity contribution in [2.45, 2.75) is 83.1 Å². The maximum atomic E-state index is 9.50. The van der Waals surface area contributed by atoms with Crippen LogP contribution in [0.4, 0.5) is 0 Å². The fourth-order valence-electron chi connectivity index (χ4n) is 3.02. The number of hydrogen-bond donors (Lipinski definition) is 1. The van der Waals surface area contributed by atoms with Crippen molar-refractivity contribution in [2.75, 3.05) is 0 Å². The third kappa shape index (κ3) is 5.39. The Kier molecular flexibility index (Phi) is 10.5. The predicted octanol–water partition coefficient (Wildman–Crippen LogP) is 5.81. The Labute approximate surface area is 124 Å². The second-order valence-electron chi connectivity index (χ2n) is 5.99. The van der Waals surface area contributed by atoms with Crippen LogP contribution < -0.4 is 0 Å². The molecule has 0 aliphatic carbocycles. The topological polar surface area (TPSA) is 29.5 Å². The van der Waals surface area contributed by atoms with Gasteiger partial charge in [0, 0.05) is 0 Å². The second kappa shape index (κ2) is 10.2. The van der Waals surface area contributed by atoms with Crippen molar-refractivity contribution >= 4 is 18.4 Å². The Morgan fingerprint density at radius 3 is 1.58 bits per heavy atom. The molecule has 1 unspecified atom stereocenters. The molecule has 0 radical (unpaired) electrons. The average Bonchev–Trinajstić information content (AvgIpc) is 2.46. The van der Waals surface area contributed by atoms with Gasteiger partial charge in [-0.25, -0.2) is 0 Å². The fraction of sp³-hybridized carbons (Fsp3) is 0.875. The summed E-state index contributed by atoms with van der Waals surface area (Å²) < 4.78 is 3.52. The molecule has 2 nitrogen and oxygen atoms in total. The van der Waals surface area contributed by atoms with Crippen LogP contribution in [0.1, 0.15) is 66.2 Å². The van der Waals surface area contributed by atoms with Crippen molar-refractivity contribution in [3.05, 3.63) is 12.7 Å². The van der Waals surface area contributed by atoms with Crippen molar-refractivity contribution in [3.8, 4) is 0 Å². The van der Waals surface area contributed by atoms with Crippen LogP contribution in [-0.4, -0.2) is 27.3 Å². The first-order chi connectivity index (χ1) is 9.05. The summed E-state index contributed by atoms with van der Waals surface area (Å²) in [5.41, 5.74) is 0. The van der Waals surface area contributed by atoms with E-state index in [1.165, 1.54) is 51.8 Å². The zero-order valence-corrected chi connectivity index (χ0v) is 16.4. The quantitative estimate of drug-likeness (QED) is 0.201. The first kappa shape index (κ1) is 19.5. The Bertz CT molecular complexity index is 221. The fourth-order valence-corrected chi connectivity index (χ4v) is 20.0. The summed E-state index contributed by atoms with van der Waals surface area (Å²) in [4.78, 5) is 5.02. The van der Waals surface area contributed by atoms with Gasteiger partial charge in [0.25, 0.3) is 0 Å². The van der Waals surface area contributed by atoms with E-state index < -0.39 is 22.0 Å². The molecule has 1 N–H and O–H groups in total. The van der Waals surface area contributed by atoms with Gasteiger partial charge >= 0.3 is 124 Å². The Balaban J connectivity index is 5.23. The van der Waals surface area contributed by atoms with Crippen LogP contribution in [0.15, 0.2) is 12.7 Å².